The van der Waals surface area contributed by atoms with E-state index in [9.17, 15) is 0 Å². The van der Waals surface area contributed by atoms with Crippen LogP contribution in [-0.2, 0) is 0 Å². The standard InChI is InChI=1S/C16H26N2/c1-12-6-5-7-15(13(12)2)18-11-14(10-17)8-9-16(18,3)4/h5-7,14H,8-11,17H2,1-4H3. The zero-order valence-corrected chi connectivity index (χ0v) is 12.2. The Morgan fingerprint density at radius 2 is 2.06 bits per heavy atom. The Bertz CT molecular complexity index is 423. The molecule has 1 saturated heterocycles. The van der Waals surface area contributed by atoms with Crippen molar-refractivity contribution in [2.24, 2.45) is 11.7 Å². The van der Waals surface area contributed by atoms with Crippen LogP contribution in [0.15, 0.2) is 18.2 Å². The molecule has 0 spiro atoms. The van der Waals surface area contributed by atoms with Gasteiger partial charge in [-0.25, -0.2) is 0 Å². The average molecular weight is 246 g/mol. The molecule has 1 atom stereocenters. The Labute approximate surface area is 111 Å². The molecule has 1 aliphatic heterocycles. The van der Waals surface area contributed by atoms with Gasteiger partial charge in [-0.1, -0.05) is 12.1 Å². The van der Waals surface area contributed by atoms with Gasteiger partial charge in [-0.3, -0.25) is 0 Å². The van der Waals surface area contributed by atoms with Gasteiger partial charge in [0.25, 0.3) is 0 Å². The number of anilines is 1. The van der Waals surface area contributed by atoms with Gasteiger partial charge in [0.1, 0.15) is 0 Å². The van der Waals surface area contributed by atoms with Crippen molar-refractivity contribution in [3.05, 3.63) is 29.3 Å². The highest BCUT2D eigenvalue weighted by Gasteiger charge is 2.34. The molecule has 1 unspecified atom stereocenters. The van der Waals surface area contributed by atoms with Crippen LogP contribution in [0.1, 0.15) is 37.8 Å². The maximum absolute atomic E-state index is 5.87. The number of nitrogens with zero attached hydrogens (tertiary/aromatic N) is 1. The van der Waals surface area contributed by atoms with Crippen LogP contribution in [0.3, 0.4) is 0 Å². The molecule has 0 saturated carbocycles. The molecule has 2 heteroatoms. The van der Waals surface area contributed by atoms with Crippen molar-refractivity contribution in [3.63, 3.8) is 0 Å². The van der Waals surface area contributed by atoms with Gasteiger partial charge < -0.3 is 10.6 Å². The van der Waals surface area contributed by atoms with Crippen molar-refractivity contribution in [2.45, 2.75) is 46.1 Å². The second kappa shape index (κ2) is 4.93. The summed E-state index contributed by atoms with van der Waals surface area (Å²) in [6.07, 6.45) is 2.48. The largest absolute Gasteiger partial charge is 0.366 e. The number of rotatable bonds is 2. The monoisotopic (exact) mass is 246 g/mol. The summed E-state index contributed by atoms with van der Waals surface area (Å²) in [5, 5.41) is 0. The zero-order chi connectivity index (χ0) is 13.3. The molecular weight excluding hydrogens is 220 g/mol. The van der Waals surface area contributed by atoms with Gasteiger partial charge in [0, 0.05) is 17.8 Å². The van der Waals surface area contributed by atoms with E-state index in [1.807, 2.05) is 0 Å². The molecule has 0 radical (unpaired) electrons. The molecule has 1 aliphatic rings. The average Bonchev–Trinajstić information content (AvgIpc) is 2.33. The lowest BCUT2D eigenvalue weighted by Gasteiger charge is -2.47. The maximum Gasteiger partial charge on any atom is 0.0403 e. The van der Waals surface area contributed by atoms with Gasteiger partial charge in [0.15, 0.2) is 0 Å². The summed E-state index contributed by atoms with van der Waals surface area (Å²) < 4.78 is 0. The molecule has 18 heavy (non-hydrogen) atoms. The minimum Gasteiger partial charge on any atom is -0.366 e. The van der Waals surface area contributed by atoms with Crippen LogP contribution in [0, 0.1) is 19.8 Å². The van der Waals surface area contributed by atoms with Gasteiger partial charge >= 0.3 is 0 Å². The van der Waals surface area contributed by atoms with E-state index >= 15 is 0 Å². The fraction of sp³-hybridized carbons (Fsp3) is 0.625. The minimum atomic E-state index is 0.240. The number of aryl methyl sites for hydroxylation is 1. The van der Waals surface area contributed by atoms with Crippen molar-refractivity contribution in [1.29, 1.82) is 0 Å². The van der Waals surface area contributed by atoms with Crippen molar-refractivity contribution in [2.75, 3.05) is 18.0 Å². The molecule has 0 amide bonds. The molecule has 2 N–H and O–H groups in total. The quantitative estimate of drug-likeness (QED) is 0.868. The van der Waals surface area contributed by atoms with E-state index in [-0.39, 0.29) is 5.54 Å². The van der Waals surface area contributed by atoms with Gasteiger partial charge in [0.05, 0.1) is 0 Å². The van der Waals surface area contributed by atoms with Crippen molar-refractivity contribution < 1.29 is 0 Å². The maximum atomic E-state index is 5.87. The molecule has 2 rings (SSSR count). The highest BCUT2D eigenvalue weighted by atomic mass is 15.2. The van der Waals surface area contributed by atoms with Gasteiger partial charge in [0.2, 0.25) is 0 Å². The molecule has 1 fully saturated rings. The highest BCUT2D eigenvalue weighted by molar-refractivity contribution is 5.58. The lowest BCUT2D eigenvalue weighted by molar-refractivity contribution is 0.294. The summed E-state index contributed by atoms with van der Waals surface area (Å²) in [6, 6.07) is 6.61. The van der Waals surface area contributed by atoms with Crippen LogP contribution in [0.4, 0.5) is 5.69 Å². The van der Waals surface area contributed by atoms with Crippen LogP contribution in [0.5, 0.6) is 0 Å². The van der Waals surface area contributed by atoms with Crippen molar-refractivity contribution in [1.82, 2.24) is 0 Å². The van der Waals surface area contributed by atoms with Gasteiger partial charge in [-0.2, -0.15) is 0 Å². The van der Waals surface area contributed by atoms with E-state index in [0.29, 0.717) is 5.92 Å². The first-order chi connectivity index (χ1) is 8.45. The van der Waals surface area contributed by atoms with Crippen LogP contribution in [0.25, 0.3) is 0 Å². The molecule has 100 valence electrons. The van der Waals surface area contributed by atoms with Crippen molar-refractivity contribution in [3.8, 4) is 0 Å². The van der Waals surface area contributed by atoms with E-state index in [1.165, 1.54) is 29.7 Å². The lowest BCUT2D eigenvalue weighted by atomic mass is 9.83. The topological polar surface area (TPSA) is 29.3 Å². The van der Waals surface area contributed by atoms with Crippen LogP contribution in [0.2, 0.25) is 0 Å². The van der Waals surface area contributed by atoms with Crippen LogP contribution < -0.4 is 10.6 Å². The summed E-state index contributed by atoms with van der Waals surface area (Å²) >= 11 is 0. The molecule has 1 aromatic carbocycles. The Kier molecular flexibility index (Phi) is 3.67. The van der Waals surface area contributed by atoms with Crippen LogP contribution in [-0.4, -0.2) is 18.6 Å². The normalized spacial score (nSPS) is 23.2. The first-order valence-electron chi connectivity index (χ1n) is 6.99. The minimum absolute atomic E-state index is 0.240. The van der Waals surface area contributed by atoms with E-state index in [4.69, 9.17) is 5.73 Å². The lowest BCUT2D eigenvalue weighted by Crippen LogP contribution is -2.52. The molecule has 0 aromatic heterocycles. The molecular formula is C16H26N2. The molecule has 0 aliphatic carbocycles. The predicted octanol–water partition coefficient (Wildman–Crippen LogP) is 3.26. The second-order valence-electron chi connectivity index (χ2n) is 6.28. The van der Waals surface area contributed by atoms with E-state index in [1.54, 1.807) is 0 Å². The third-order valence-electron chi connectivity index (χ3n) is 4.54. The zero-order valence-electron chi connectivity index (χ0n) is 12.2. The van der Waals surface area contributed by atoms with E-state index < -0.39 is 0 Å². The SMILES string of the molecule is Cc1cccc(N2CC(CN)CCC2(C)C)c1C. The number of hydrogen-bond acceptors (Lipinski definition) is 2. The van der Waals surface area contributed by atoms with Gasteiger partial charge in [-0.15, -0.1) is 0 Å². The first kappa shape index (κ1) is 13.4. The predicted molar refractivity (Wildman–Crippen MR) is 79.1 cm³/mol. The van der Waals surface area contributed by atoms with Gasteiger partial charge in [-0.05, 0) is 70.2 Å². The number of nitrogens with two attached hydrogens (primary N) is 1. The Hall–Kier alpha value is -1.02. The number of piperidine rings is 1. The number of benzene rings is 1. The summed E-state index contributed by atoms with van der Waals surface area (Å²) in [6.45, 7) is 11.0. The molecule has 1 aromatic rings. The van der Waals surface area contributed by atoms with Crippen molar-refractivity contribution >= 4 is 5.69 Å². The third-order valence-corrected chi connectivity index (χ3v) is 4.54. The Morgan fingerprint density at radius 1 is 1.33 bits per heavy atom. The summed E-state index contributed by atoms with van der Waals surface area (Å²) in [7, 11) is 0. The first-order valence-corrected chi connectivity index (χ1v) is 6.99. The molecule has 0 bridgehead atoms. The van der Waals surface area contributed by atoms with E-state index in [0.717, 1.165) is 13.1 Å². The Balaban J connectivity index is 2.36. The molecule has 1 heterocycles. The highest BCUT2D eigenvalue weighted by Crippen LogP contribution is 2.36. The fourth-order valence-electron chi connectivity index (χ4n) is 2.93. The van der Waals surface area contributed by atoms with E-state index in [2.05, 4.69) is 50.8 Å². The Morgan fingerprint density at radius 3 is 2.72 bits per heavy atom. The summed E-state index contributed by atoms with van der Waals surface area (Å²) in [4.78, 5) is 2.57. The fourth-order valence-corrected chi connectivity index (χ4v) is 2.93. The molecule has 2 nitrogen and oxygen atoms in total. The number of hydrogen-bond donors (Lipinski definition) is 1. The third kappa shape index (κ3) is 2.39. The smallest absolute Gasteiger partial charge is 0.0403 e. The second-order valence-corrected chi connectivity index (χ2v) is 6.28. The summed E-state index contributed by atoms with van der Waals surface area (Å²) in [5.41, 5.74) is 10.3. The van der Waals surface area contributed by atoms with Crippen LogP contribution >= 0.6 is 0 Å². The summed E-state index contributed by atoms with van der Waals surface area (Å²) in [5.74, 6) is 0.637.